The van der Waals surface area contributed by atoms with Crippen LogP contribution < -0.4 is 5.43 Å². The van der Waals surface area contributed by atoms with Crippen LogP contribution in [0.25, 0.3) is 10.9 Å². The number of aromatic nitrogens is 2. The lowest BCUT2D eigenvalue weighted by Crippen LogP contribution is -2.20. The van der Waals surface area contributed by atoms with Crippen LogP contribution >= 0.6 is 0 Å². The highest BCUT2D eigenvalue weighted by molar-refractivity contribution is 5.78. The predicted octanol–water partition coefficient (Wildman–Crippen LogP) is 1.91. The Balaban J connectivity index is 2.37. The number of hydrogen-bond acceptors (Lipinski definition) is 4. The Morgan fingerprint density at radius 1 is 1.30 bits per heavy atom. The maximum atomic E-state index is 12.3. The van der Waals surface area contributed by atoms with Crippen LogP contribution in [0.2, 0.25) is 0 Å². The maximum Gasteiger partial charge on any atom is 0.306 e. The number of ether oxygens (including phenoxy) is 1. The first-order valence-electron chi connectivity index (χ1n) is 6.81. The van der Waals surface area contributed by atoms with Gasteiger partial charge in [-0.3, -0.25) is 14.3 Å². The number of fused-ring (bicyclic) bond motifs is 1. The number of carbonyl (C=O) groups excluding carboxylic acids is 1. The topological polar surface area (TPSA) is 61.2 Å². The van der Waals surface area contributed by atoms with Crippen LogP contribution in [0.3, 0.4) is 0 Å². The summed E-state index contributed by atoms with van der Waals surface area (Å²) >= 11 is 0. The first kappa shape index (κ1) is 14.2. The Bertz CT molecular complexity index is 676. The van der Waals surface area contributed by atoms with Gasteiger partial charge in [0.1, 0.15) is 5.69 Å². The van der Waals surface area contributed by atoms with E-state index in [0.717, 1.165) is 5.52 Å². The summed E-state index contributed by atoms with van der Waals surface area (Å²) in [6.45, 7) is 4.76. The third-order valence-electron chi connectivity index (χ3n) is 3.10. The lowest BCUT2D eigenvalue weighted by atomic mass is 10.1. The summed E-state index contributed by atoms with van der Waals surface area (Å²) in [4.78, 5) is 23.7. The van der Waals surface area contributed by atoms with Crippen molar-refractivity contribution in [3.8, 4) is 0 Å². The van der Waals surface area contributed by atoms with Crippen LogP contribution in [-0.4, -0.2) is 22.4 Å². The van der Waals surface area contributed by atoms with Crippen molar-refractivity contribution in [3.63, 3.8) is 0 Å². The molecule has 2 rings (SSSR count). The fourth-order valence-electron chi connectivity index (χ4n) is 2.15. The van der Waals surface area contributed by atoms with E-state index in [4.69, 9.17) is 4.74 Å². The number of para-hydroxylation sites is 1. The van der Waals surface area contributed by atoms with Crippen LogP contribution in [-0.2, 0) is 22.5 Å². The quantitative estimate of drug-likeness (QED) is 0.781. The molecule has 1 heterocycles. The van der Waals surface area contributed by atoms with Crippen molar-refractivity contribution in [1.29, 1.82) is 0 Å². The van der Waals surface area contributed by atoms with Gasteiger partial charge in [0.05, 0.1) is 18.5 Å². The highest BCUT2D eigenvalue weighted by Crippen LogP contribution is 2.10. The zero-order valence-electron chi connectivity index (χ0n) is 11.8. The van der Waals surface area contributed by atoms with E-state index < -0.39 is 0 Å². The van der Waals surface area contributed by atoms with Crippen LogP contribution in [0, 0.1) is 0 Å². The summed E-state index contributed by atoms with van der Waals surface area (Å²) < 4.78 is 6.66. The van der Waals surface area contributed by atoms with Gasteiger partial charge in [-0.15, -0.1) is 0 Å². The summed E-state index contributed by atoms with van der Waals surface area (Å²) in [5.41, 5.74) is 1.13. The van der Waals surface area contributed by atoms with Gasteiger partial charge in [0.25, 0.3) is 0 Å². The Hall–Kier alpha value is -2.17. The van der Waals surface area contributed by atoms with Gasteiger partial charge < -0.3 is 4.74 Å². The molecule has 0 bridgehead atoms. The molecule has 1 aromatic heterocycles. The number of carbonyl (C=O) groups is 1. The van der Waals surface area contributed by atoms with E-state index in [0.29, 0.717) is 30.7 Å². The Morgan fingerprint density at radius 2 is 2.05 bits per heavy atom. The third kappa shape index (κ3) is 2.87. The smallest absolute Gasteiger partial charge is 0.306 e. The van der Waals surface area contributed by atoms with Crippen LogP contribution in [0.1, 0.15) is 26.0 Å². The molecule has 0 unspecified atom stereocenters. The molecular weight excluding hydrogens is 256 g/mol. The molecule has 0 aliphatic rings. The van der Waals surface area contributed by atoms with Crippen molar-refractivity contribution in [2.45, 2.75) is 33.2 Å². The molecule has 0 N–H and O–H groups in total. The summed E-state index contributed by atoms with van der Waals surface area (Å²) in [5, 5.41) is 4.99. The minimum atomic E-state index is -0.301. The summed E-state index contributed by atoms with van der Waals surface area (Å²) in [6, 6.07) is 7.38. The van der Waals surface area contributed by atoms with Crippen molar-refractivity contribution < 1.29 is 9.53 Å². The lowest BCUT2D eigenvalue weighted by Gasteiger charge is -2.09. The second-order valence-corrected chi connectivity index (χ2v) is 4.41. The molecular formula is C15H18N2O3. The lowest BCUT2D eigenvalue weighted by molar-refractivity contribution is -0.143. The number of hydrogen-bond donors (Lipinski definition) is 0. The molecule has 1 aromatic carbocycles. The van der Waals surface area contributed by atoms with Crippen molar-refractivity contribution in [1.82, 2.24) is 9.78 Å². The van der Waals surface area contributed by atoms with E-state index in [9.17, 15) is 9.59 Å². The fourth-order valence-corrected chi connectivity index (χ4v) is 2.15. The van der Waals surface area contributed by atoms with E-state index >= 15 is 0 Å². The summed E-state index contributed by atoms with van der Waals surface area (Å²) in [6.07, 6.45) is 0.487. The molecule has 0 saturated heterocycles. The summed E-state index contributed by atoms with van der Waals surface area (Å²) in [5.74, 6) is -0.301. The van der Waals surface area contributed by atoms with Crippen molar-refractivity contribution in [3.05, 3.63) is 40.2 Å². The highest BCUT2D eigenvalue weighted by atomic mass is 16.5. The first-order chi connectivity index (χ1) is 9.67. The largest absolute Gasteiger partial charge is 0.466 e. The molecule has 106 valence electrons. The van der Waals surface area contributed by atoms with Gasteiger partial charge in [-0.05, 0) is 26.0 Å². The maximum absolute atomic E-state index is 12.3. The number of esters is 1. The zero-order valence-corrected chi connectivity index (χ0v) is 11.8. The zero-order chi connectivity index (χ0) is 14.5. The standard InChI is InChI=1S/C15H18N2O3/c1-3-17-13-8-6-5-7-11(13)15(19)12(16-17)9-10-14(18)20-4-2/h5-8H,3-4,9-10H2,1-2H3. The molecule has 0 atom stereocenters. The van der Waals surface area contributed by atoms with E-state index in [1.54, 1.807) is 17.7 Å². The van der Waals surface area contributed by atoms with Crippen LogP contribution in [0.4, 0.5) is 0 Å². The Labute approximate surface area is 117 Å². The third-order valence-corrected chi connectivity index (χ3v) is 3.10. The van der Waals surface area contributed by atoms with Gasteiger partial charge in [-0.2, -0.15) is 5.10 Å². The van der Waals surface area contributed by atoms with E-state index in [1.807, 2.05) is 25.1 Å². The molecule has 0 aliphatic carbocycles. The Kier molecular flexibility index (Phi) is 4.50. The molecule has 0 aliphatic heterocycles. The number of rotatable bonds is 5. The monoisotopic (exact) mass is 274 g/mol. The SMILES string of the molecule is CCOC(=O)CCc1nn(CC)c2ccccc2c1=O. The van der Waals surface area contributed by atoms with Crippen molar-refractivity contribution in [2.75, 3.05) is 6.61 Å². The molecule has 0 fully saturated rings. The first-order valence-corrected chi connectivity index (χ1v) is 6.81. The van der Waals surface area contributed by atoms with Gasteiger partial charge in [0, 0.05) is 18.4 Å². The number of nitrogens with zero attached hydrogens (tertiary/aromatic N) is 2. The second-order valence-electron chi connectivity index (χ2n) is 4.41. The van der Waals surface area contributed by atoms with Gasteiger partial charge in [-0.25, -0.2) is 0 Å². The van der Waals surface area contributed by atoms with Gasteiger partial charge in [0.15, 0.2) is 0 Å². The molecule has 2 aromatic rings. The molecule has 20 heavy (non-hydrogen) atoms. The van der Waals surface area contributed by atoms with E-state index in [1.165, 1.54) is 0 Å². The predicted molar refractivity (Wildman–Crippen MR) is 76.6 cm³/mol. The van der Waals surface area contributed by atoms with Crippen molar-refractivity contribution in [2.24, 2.45) is 0 Å². The number of benzene rings is 1. The molecule has 0 amide bonds. The molecule has 0 saturated carbocycles. The van der Waals surface area contributed by atoms with Gasteiger partial charge >= 0.3 is 5.97 Å². The minimum absolute atomic E-state index is 0.102. The Morgan fingerprint density at radius 3 is 2.75 bits per heavy atom. The normalized spacial score (nSPS) is 10.7. The summed E-state index contributed by atoms with van der Waals surface area (Å²) in [7, 11) is 0. The average molecular weight is 274 g/mol. The second kappa shape index (κ2) is 6.32. The molecule has 5 heteroatoms. The van der Waals surface area contributed by atoms with Gasteiger partial charge in [0.2, 0.25) is 5.43 Å². The van der Waals surface area contributed by atoms with E-state index in [2.05, 4.69) is 5.10 Å². The van der Waals surface area contributed by atoms with Gasteiger partial charge in [-0.1, -0.05) is 12.1 Å². The molecule has 0 spiro atoms. The van der Waals surface area contributed by atoms with E-state index in [-0.39, 0.29) is 17.8 Å². The molecule has 5 nitrogen and oxygen atoms in total. The fraction of sp³-hybridized carbons (Fsp3) is 0.400. The number of aryl methyl sites for hydroxylation is 2. The van der Waals surface area contributed by atoms with Crippen molar-refractivity contribution >= 4 is 16.9 Å². The van der Waals surface area contributed by atoms with Crippen LogP contribution in [0.5, 0.6) is 0 Å². The van der Waals surface area contributed by atoms with Crippen LogP contribution in [0.15, 0.2) is 29.1 Å². The molecule has 0 radical (unpaired) electrons. The average Bonchev–Trinajstić information content (AvgIpc) is 2.47. The highest BCUT2D eigenvalue weighted by Gasteiger charge is 2.11. The minimum Gasteiger partial charge on any atom is -0.466 e.